The molecule has 0 saturated carbocycles. The molecule has 0 bridgehead atoms. The number of benzene rings is 2. The maximum Gasteiger partial charge on any atom is 0.420 e. The molecular formula is C23H28N4O5. The average Bonchev–Trinajstić information content (AvgIpc) is 3.07. The van der Waals surface area contributed by atoms with E-state index in [0.29, 0.717) is 28.9 Å². The quantitative estimate of drug-likeness (QED) is 0.439. The van der Waals surface area contributed by atoms with Crippen molar-refractivity contribution in [2.45, 2.75) is 25.8 Å². The van der Waals surface area contributed by atoms with E-state index in [9.17, 15) is 14.4 Å². The Balaban J connectivity index is 1.82. The normalized spacial score (nSPS) is 12.1. The van der Waals surface area contributed by atoms with Gasteiger partial charge in [-0.1, -0.05) is 12.1 Å². The molecule has 0 aliphatic heterocycles. The number of amides is 2. The van der Waals surface area contributed by atoms with Crippen molar-refractivity contribution in [3.8, 4) is 0 Å². The van der Waals surface area contributed by atoms with Crippen LogP contribution in [0.5, 0.6) is 0 Å². The highest BCUT2D eigenvalue weighted by atomic mass is 16.4. The van der Waals surface area contributed by atoms with Crippen LogP contribution in [0.3, 0.4) is 0 Å². The first-order valence-corrected chi connectivity index (χ1v) is 10.4. The van der Waals surface area contributed by atoms with Crippen molar-refractivity contribution >= 4 is 28.8 Å². The fourth-order valence-corrected chi connectivity index (χ4v) is 3.55. The summed E-state index contributed by atoms with van der Waals surface area (Å²) < 4.78 is 6.83. The van der Waals surface area contributed by atoms with Crippen molar-refractivity contribution in [3.05, 3.63) is 64.1 Å². The van der Waals surface area contributed by atoms with Crippen molar-refractivity contribution in [2.75, 3.05) is 32.5 Å². The first-order chi connectivity index (χ1) is 15.3. The van der Waals surface area contributed by atoms with Crippen molar-refractivity contribution in [1.29, 1.82) is 0 Å². The molecule has 1 aromatic heterocycles. The summed E-state index contributed by atoms with van der Waals surface area (Å²) in [6.07, 6.45) is 0.694. The average molecular weight is 441 g/mol. The van der Waals surface area contributed by atoms with Gasteiger partial charge in [0.2, 0.25) is 0 Å². The van der Waals surface area contributed by atoms with Gasteiger partial charge < -0.3 is 19.7 Å². The fraction of sp³-hybridized carbons (Fsp3) is 0.348. The molecule has 0 saturated heterocycles. The molecule has 1 unspecified atom stereocenters. The van der Waals surface area contributed by atoms with E-state index in [0.717, 1.165) is 24.9 Å². The fourth-order valence-electron chi connectivity index (χ4n) is 3.55. The molecule has 9 heteroatoms. The van der Waals surface area contributed by atoms with Gasteiger partial charge in [0.15, 0.2) is 5.58 Å². The molecular weight excluding hydrogens is 412 g/mol. The standard InChI is InChI=1S/C23H28N4O5/c1-15(16-7-6-8-18(13-16)25-22(29)30)27-19-14-17(9-10-20(19)32-23(27)31)21(28)24-11-4-5-12-26(2)3/h6-10,13-15,25H,4-5,11-12H2,1-3H3,(H,24,28)(H,29,30). The van der Waals surface area contributed by atoms with E-state index in [1.165, 1.54) is 4.57 Å². The Morgan fingerprint density at radius 3 is 2.66 bits per heavy atom. The van der Waals surface area contributed by atoms with Gasteiger partial charge in [0.25, 0.3) is 5.91 Å². The van der Waals surface area contributed by atoms with Crippen LogP contribution in [0.25, 0.3) is 11.1 Å². The van der Waals surface area contributed by atoms with Crippen LogP contribution in [0.1, 0.15) is 41.7 Å². The minimum absolute atomic E-state index is 0.211. The molecule has 3 rings (SSSR count). The third-order valence-corrected chi connectivity index (χ3v) is 5.20. The van der Waals surface area contributed by atoms with Crippen molar-refractivity contribution < 1.29 is 19.1 Å². The van der Waals surface area contributed by atoms with Crippen LogP contribution in [0.4, 0.5) is 10.5 Å². The summed E-state index contributed by atoms with van der Waals surface area (Å²) in [5.41, 5.74) is 2.44. The molecule has 32 heavy (non-hydrogen) atoms. The van der Waals surface area contributed by atoms with Crippen LogP contribution in [0, 0.1) is 0 Å². The van der Waals surface area contributed by atoms with Gasteiger partial charge in [-0.05, 0) is 76.3 Å². The molecule has 170 valence electrons. The minimum Gasteiger partial charge on any atom is -0.465 e. The molecule has 0 spiro atoms. The number of hydrogen-bond acceptors (Lipinski definition) is 5. The number of unbranched alkanes of at least 4 members (excludes halogenated alkanes) is 1. The molecule has 0 aliphatic carbocycles. The molecule has 0 aliphatic rings. The summed E-state index contributed by atoms with van der Waals surface area (Å²) in [6, 6.07) is 11.2. The lowest BCUT2D eigenvalue weighted by molar-refractivity contribution is 0.0953. The summed E-state index contributed by atoms with van der Waals surface area (Å²) in [6.45, 7) is 3.35. The van der Waals surface area contributed by atoms with Crippen LogP contribution in [0.2, 0.25) is 0 Å². The Labute approximate surface area is 185 Å². The van der Waals surface area contributed by atoms with Gasteiger partial charge in [-0.2, -0.15) is 0 Å². The predicted octanol–water partition coefficient (Wildman–Crippen LogP) is 3.37. The Kier molecular flexibility index (Phi) is 7.32. The molecule has 9 nitrogen and oxygen atoms in total. The Hall–Kier alpha value is -3.59. The van der Waals surface area contributed by atoms with Crippen molar-refractivity contribution in [3.63, 3.8) is 0 Å². The number of aromatic nitrogens is 1. The topological polar surface area (TPSA) is 117 Å². The van der Waals surface area contributed by atoms with E-state index in [-0.39, 0.29) is 5.91 Å². The van der Waals surface area contributed by atoms with Gasteiger partial charge in [-0.15, -0.1) is 0 Å². The summed E-state index contributed by atoms with van der Waals surface area (Å²) in [5, 5.41) is 14.2. The highest BCUT2D eigenvalue weighted by Crippen LogP contribution is 2.25. The first-order valence-electron chi connectivity index (χ1n) is 10.4. The molecule has 0 fully saturated rings. The Morgan fingerprint density at radius 1 is 1.16 bits per heavy atom. The minimum atomic E-state index is -1.17. The lowest BCUT2D eigenvalue weighted by atomic mass is 10.1. The highest BCUT2D eigenvalue weighted by molar-refractivity contribution is 5.97. The van der Waals surface area contributed by atoms with Gasteiger partial charge in [0.1, 0.15) is 0 Å². The summed E-state index contributed by atoms with van der Waals surface area (Å²) in [4.78, 5) is 38.2. The van der Waals surface area contributed by atoms with Gasteiger partial charge in [-0.25, -0.2) is 9.59 Å². The van der Waals surface area contributed by atoms with Crippen LogP contribution in [0.15, 0.2) is 51.7 Å². The molecule has 1 atom stereocenters. The molecule has 3 N–H and O–H groups in total. The number of carboxylic acid groups (broad SMARTS) is 1. The monoisotopic (exact) mass is 440 g/mol. The predicted molar refractivity (Wildman–Crippen MR) is 122 cm³/mol. The number of carbonyl (C=O) groups excluding carboxylic acids is 1. The number of hydrogen-bond donors (Lipinski definition) is 3. The maximum atomic E-state index is 12.6. The van der Waals surface area contributed by atoms with Gasteiger partial charge in [0, 0.05) is 17.8 Å². The zero-order chi connectivity index (χ0) is 23.3. The summed E-state index contributed by atoms with van der Waals surface area (Å²) >= 11 is 0. The lowest BCUT2D eigenvalue weighted by Crippen LogP contribution is -2.25. The van der Waals surface area contributed by atoms with E-state index in [1.54, 1.807) is 42.5 Å². The Bertz CT molecular complexity index is 1160. The van der Waals surface area contributed by atoms with Crippen LogP contribution in [-0.4, -0.2) is 53.8 Å². The number of fused-ring (bicyclic) bond motifs is 1. The molecule has 2 amide bonds. The molecule has 2 aromatic carbocycles. The number of nitrogens with zero attached hydrogens (tertiary/aromatic N) is 2. The van der Waals surface area contributed by atoms with Gasteiger partial charge in [-0.3, -0.25) is 14.7 Å². The number of carbonyl (C=O) groups is 2. The number of rotatable bonds is 9. The largest absolute Gasteiger partial charge is 0.465 e. The van der Waals surface area contributed by atoms with Crippen LogP contribution >= 0.6 is 0 Å². The molecule has 1 heterocycles. The zero-order valence-corrected chi connectivity index (χ0v) is 18.4. The molecule has 3 aromatic rings. The van der Waals surface area contributed by atoms with Crippen LogP contribution in [-0.2, 0) is 0 Å². The molecule has 0 radical (unpaired) electrons. The summed E-state index contributed by atoms with van der Waals surface area (Å²) in [5.74, 6) is -0.761. The second-order valence-electron chi connectivity index (χ2n) is 7.92. The number of nitrogens with one attached hydrogen (secondary N) is 2. The van der Waals surface area contributed by atoms with Gasteiger partial charge >= 0.3 is 11.8 Å². The van der Waals surface area contributed by atoms with Gasteiger partial charge in [0.05, 0.1) is 11.6 Å². The third-order valence-electron chi connectivity index (χ3n) is 5.20. The first kappa shape index (κ1) is 23.1. The van der Waals surface area contributed by atoms with Crippen molar-refractivity contribution in [2.24, 2.45) is 0 Å². The van der Waals surface area contributed by atoms with E-state index in [1.807, 2.05) is 21.0 Å². The maximum absolute atomic E-state index is 12.6. The third kappa shape index (κ3) is 5.55. The summed E-state index contributed by atoms with van der Waals surface area (Å²) in [7, 11) is 4.02. The van der Waals surface area contributed by atoms with E-state index in [2.05, 4.69) is 15.5 Å². The lowest BCUT2D eigenvalue weighted by Gasteiger charge is -2.15. The number of anilines is 1. The second kappa shape index (κ2) is 10.1. The SMILES string of the molecule is CC(c1cccc(NC(=O)O)c1)n1c(=O)oc2ccc(C(=O)NCCCCN(C)C)cc21. The zero-order valence-electron chi connectivity index (χ0n) is 18.4. The number of oxazole rings is 1. The van der Waals surface area contributed by atoms with E-state index >= 15 is 0 Å². The van der Waals surface area contributed by atoms with Crippen LogP contribution < -0.4 is 16.4 Å². The van der Waals surface area contributed by atoms with E-state index in [4.69, 9.17) is 9.52 Å². The highest BCUT2D eigenvalue weighted by Gasteiger charge is 2.19. The smallest absolute Gasteiger partial charge is 0.420 e. The Morgan fingerprint density at radius 2 is 1.94 bits per heavy atom. The van der Waals surface area contributed by atoms with Crippen molar-refractivity contribution in [1.82, 2.24) is 14.8 Å². The second-order valence-corrected chi connectivity index (χ2v) is 7.92. The van der Waals surface area contributed by atoms with E-state index < -0.39 is 17.9 Å².